The predicted octanol–water partition coefficient (Wildman–Crippen LogP) is 4.53. The summed E-state index contributed by atoms with van der Waals surface area (Å²) >= 11 is 0. The van der Waals surface area contributed by atoms with Crippen molar-refractivity contribution in [3.05, 3.63) is 66.2 Å². The van der Waals surface area contributed by atoms with E-state index in [1.54, 1.807) is 6.92 Å². The van der Waals surface area contributed by atoms with Gasteiger partial charge < -0.3 is 21.5 Å². The Hall–Kier alpha value is -3.62. The van der Waals surface area contributed by atoms with Gasteiger partial charge in [0.2, 0.25) is 11.8 Å². The van der Waals surface area contributed by atoms with Crippen LogP contribution < -0.4 is 16.4 Å². The first-order chi connectivity index (χ1) is 18.6. The van der Waals surface area contributed by atoms with Crippen molar-refractivity contribution < 1.29 is 14.7 Å². The van der Waals surface area contributed by atoms with Gasteiger partial charge in [0.05, 0.1) is 5.60 Å². The topological polar surface area (TPSA) is 130 Å². The third kappa shape index (κ3) is 6.34. The molecule has 0 spiro atoms. The summed E-state index contributed by atoms with van der Waals surface area (Å²) in [5.74, 6) is 0.635. The first-order valence-electron chi connectivity index (χ1n) is 13.7. The molecule has 2 aliphatic rings. The Bertz CT molecular complexity index is 1320. The molecular formula is C31H37N5O3. The molecule has 0 aliphatic heterocycles. The second-order valence-corrected chi connectivity index (χ2v) is 11.6. The van der Waals surface area contributed by atoms with Gasteiger partial charge >= 0.3 is 0 Å². The van der Waals surface area contributed by atoms with Gasteiger partial charge in [-0.15, -0.1) is 10.2 Å². The van der Waals surface area contributed by atoms with E-state index >= 15 is 0 Å². The largest absolute Gasteiger partial charge is 0.390 e. The number of aliphatic hydroxyl groups is 1. The number of aromatic nitrogens is 2. The summed E-state index contributed by atoms with van der Waals surface area (Å²) in [5.41, 5.74) is 9.74. The number of hydrogen-bond donors (Lipinski definition) is 4. The molecule has 5 N–H and O–H groups in total. The molecule has 2 aromatic carbocycles. The molecule has 0 saturated heterocycles. The van der Waals surface area contributed by atoms with Crippen molar-refractivity contribution in [3.63, 3.8) is 0 Å². The number of nitrogens with zero attached hydrogens (tertiary/aromatic N) is 2. The number of anilines is 1. The maximum Gasteiger partial charge on any atom is 0.225 e. The second kappa shape index (κ2) is 10.9. The molecule has 2 aliphatic carbocycles. The van der Waals surface area contributed by atoms with Crippen LogP contribution in [0.15, 0.2) is 60.7 Å². The third-order valence-corrected chi connectivity index (χ3v) is 8.00. The molecule has 0 bridgehead atoms. The Labute approximate surface area is 229 Å². The van der Waals surface area contributed by atoms with Gasteiger partial charge in [-0.2, -0.15) is 0 Å². The lowest BCUT2D eigenvalue weighted by Gasteiger charge is -2.49. The van der Waals surface area contributed by atoms with Gasteiger partial charge in [-0.1, -0.05) is 54.6 Å². The highest BCUT2D eigenvalue weighted by atomic mass is 16.3. The van der Waals surface area contributed by atoms with Gasteiger partial charge in [0.25, 0.3) is 0 Å². The minimum Gasteiger partial charge on any atom is -0.390 e. The van der Waals surface area contributed by atoms with E-state index in [1.165, 1.54) is 0 Å². The normalized spacial score (nSPS) is 26.4. The number of amides is 2. The minimum atomic E-state index is -0.717. The molecule has 2 saturated carbocycles. The summed E-state index contributed by atoms with van der Waals surface area (Å²) in [6.45, 7) is 3.36. The number of nitrogens with two attached hydrogens (primary N) is 1. The Kier molecular flexibility index (Phi) is 7.51. The summed E-state index contributed by atoms with van der Waals surface area (Å²) in [6.07, 6.45) is 5.10. The summed E-state index contributed by atoms with van der Waals surface area (Å²) < 4.78 is 0. The molecule has 2 fully saturated rings. The average molecular weight is 528 g/mol. The quantitative estimate of drug-likeness (QED) is 0.357. The van der Waals surface area contributed by atoms with Crippen molar-refractivity contribution in [2.75, 3.05) is 5.32 Å². The average Bonchev–Trinajstić information content (AvgIpc) is 2.89. The summed E-state index contributed by atoms with van der Waals surface area (Å²) in [6, 6.07) is 20.0. The maximum absolute atomic E-state index is 12.9. The van der Waals surface area contributed by atoms with E-state index in [-0.39, 0.29) is 17.9 Å². The highest BCUT2D eigenvalue weighted by Crippen LogP contribution is 2.46. The van der Waals surface area contributed by atoms with E-state index in [2.05, 4.69) is 20.8 Å². The highest BCUT2D eigenvalue weighted by molar-refractivity contribution is 5.91. The summed E-state index contributed by atoms with van der Waals surface area (Å²) in [7, 11) is 0. The molecule has 39 heavy (non-hydrogen) atoms. The van der Waals surface area contributed by atoms with Crippen LogP contribution in [0.4, 0.5) is 5.82 Å². The fraction of sp³-hybridized carbons (Fsp3) is 0.419. The SMILES string of the molecule is CC(=O)NC1CCC(CC(=O)Nc2cc(-c3ccccc3)c(-c3ccc(C4(N)CC(C)(O)C4)cc3)nn2)CC1. The van der Waals surface area contributed by atoms with E-state index in [0.29, 0.717) is 36.7 Å². The number of rotatable bonds is 7. The van der Waals surface area contributed by atoms with Crippen LogP contribution in [0.3, 0.4) is 0 Å². The van der Waals surface area contributed by atoms with Crippen molar-refractivity contribution in [3.8, 4) is 22.4 Å². The van der Waals surface area contributed by atoms with Crippen LogP contribution in [0.5, 0.6) is 0 Å². The third-order valence-electron chi connectivity index (χ3n) is 8.00. The fourth-order valence-corrected chi connectivity index (χ4v) is 6.23. The number of carbonyl (C=O) groups is 2. The van der Waals surface area contributed by atoms with E-state index in [4.69, 9.17) is 5.73 Å². The van der Waals surface area contributed by atoms with Crippen molar-refractivity contribution in [1.29, 1.82) is 0 Å². The van der Waals surface area contributed by atoms with E-state index in [9.17, 15) is 14.7 Å². The van der Waals surface area contributed by atoms with E-state index in [0.717, 1.165) is 47.9 Å². The van der Waals surface area contributed by atoms with Gasteiger partial charge in [0, 0.05) is 36.1 Å². The smallest absolute Gasteiger partial charge is 0.225 e. The zero-order valence-electron chi connectivity index (χ0n) is 22.6. The van der Waals surface area contributed by atoms with E-state index in [1.807, 2.05) is 67.6 Å². The minimum absolute atomic E-state index is 0.000662. The molecule has 204 valence electrons. The van der Waals surface area contributed by atoms with Gasteiger partial charge in [-0.3, -0.25) is 9.59 Å². The first kappa shape index (κ1) is 27.0. The van der Waals surface area contributed by atoms with Crippen molar-refractivity contribution in [1.82, 2.24) is 15.5 Å². The molecular weight excluding hydrogens is 490 g/mol. The molecule has 2 amide bonds. The number of nitrogens with one attached hydrogen (secondary N) is 2. The van der Waals surface area contributed by atoms with Crippen LogP contribution >= 0.6 is 0 Å². The standard InChI is InChI=1S/C31H37N5O3/c1-20(37)33-25-14-8-21(9-15-25)16-28(38)34-27-17-26(22-6-4-3-5-7-22)29(36-35-27)23-10-12-24(13-11-23)31(32)18-30(2,39)19-31/h3-7,10-13,17,21,25,39H,8-9,14-16,18-19,32H2,1-2H3,(H,33,37)(H,34,35,38). The van der Waals surface area contributed by atoms with Crippen LogP contribution in [-0.2, 0) is 15.1 Å². The molecule has 1 aromatic heterocycles. The van der Waals surface area contributed by atoms with Crippen molar-refractivity contribution in [2.45, 2.75) is 76.0 Å². The Balaban J connectivity index is 1.31. The first-order valence-corrected chi connectivity index (χ1v) is 13.7. The lowest BCUT2D eigenvalue weighted by Crippen LogP contribution is -2.58. The van der Waals surface area contributed by atoms with Gasteiger partial charge in [-0.05, 0) is 68.6 Å². The predicted molar refractivity (Wildman–Crippen MR) is 151 cm³/mol. The highest BCUT2D eigenvalue weighted by Gasteiger charge is 2.49. The molecule has 8 heteroatoms. The van der Waals surface area contributed by atoms with Crippen molar-refractivity contribution in [2.24, 2.45) is 11.7 Å². The van der Waals surface area contributed by atoms with Crippen molar-refractivity contribution >= 4 is 17.6 Å². The van der Waals surface area contributed by atoms with Crippen LogP contribution in [0, 0.1) is 5.92 Å². The maximum atomic E-state index is 12.9. The number of hydrogen-bond acceptors (Lipinski definition) is 6. The number of benzene rings is 2. The molecule has 0 atom stereocenters. The number of carbonyl (C=O) groups excluding carboxylic acids is 2. The van der Waals surface area contributed by atoms with Crippen LogP contribution in [0.25, 0.3) is 22.4 Å². The molecule has 0 unspecified atom stereocenters. The van der Waals surface area contributed by atoms with Crippen LogP contribution in [0.1, 0.15) is 64.4 Å². The lowest BCUT2D eigenvalue weighted by molar-refractivity contribution is -0.120. The van der Waals surface area contributed by atoms with Gasteiger partial charge in [0.15, 0.2) is 5.82 Å². The molecule has 8 nitrogen and oxygen atoms in total. The van der Waals surface area contributed by atoms with E-state index < -0.39 is 11.1 Å². The Morgan fingerprint density at radius 3 is 2.26 bits per heavy atom. The van der Waals surface area contributed by atoms with Crippen LogP contribution in [0.2, 0.25) is 0 Å². The lowest BCUT2D eigenvalue weighted by atomic mass is 9.63. The summed E-state index contributed by atoms with van der Waals surface area (Å²) in [4.78, 5) is 24.2. The molecule has 0 radical (unpaired) electrons. The zero-order chi connectivity index (χ0) is 27.6. The monoisotopic (exact) mass is 527 g/mol. The fourth-order valence-electron chi connectivity index (χ4n) is 6.23. The second-order valence-electron chi connectivity index (χ2n) is 11.6. The summed E-state index contributed by atoms with van der Waals surface area (Å²) in [5, 5.41) is 25.0. The molecule has 1 heterocycles. The Morgan fingerprint density at radius 2 is 1.64 bits per heavy atom. The van der Waals surface area contributed by atoms with Gasteiger partial charge in [-0.25, -0.2) is 0 Å². The molecule has 3 aromatic rings. The van der Waals surface area contributed by atoms with Crippen LogP contribution in [-0.4, -0.2) is 38.8 Å². The van der Waals surface area contributed by atoms with Gasteiger partial charge in [0.1, 0.15) is 5.69 Å². The molecule has 5 rings (SSSR count). The Morgan fingerprint density at radius 1 is 0.974 bits per heavy atom. The zero-order valence-corrected chi connectivity index (χ0v) is 22.6.